The predicted octanol–water partition coefficient (Wildman–Crippen LogP) is 2.16. The number of sulfonamides is 1. The van der Waals surface area contributed by atoms with Crippen molar-refractivity contribution in [1.29, 1.82) is 0 Å². The molecule has 0 spiro atoms. The Morgan fingerprint density at radius 1 is 1.30 bits per heavy atom. The van der Waals surface area contributed by atoms with Gasteiger partial charge in [0.15, 0.2) is 0 Å². The van der Waals surface area contributed by atoms with Crippen molar-refractivity contribution in [2.24, 2.45) is 5.92 Å². The predicted molar refractivity (Wildman–Crippen MR) is 75.2 cm³/mol. The third kappa shape index (κ3) is 4.41. The Morgan fingerprint density at radius 3 is 2.25 bits per heavy atom. The second kappa shape index (κ2) is 6.60. The minimum absolute atomic E-state index is 0.0478. The Kier molecular flexibility index (Phi) is 5.38. The van der Waals surface area contributed by atoms with E-state index in [4.69, 9.17) is 9.84 Å². The lowest BCUT2D eigenvalue weighted by Crippen LogP contribution is -2.39. The van der Waals surface area contributed by atoms with Crippen LogP contribution in [-0.4, -0.2) is 37.6 Å². The van der Waals surface area contributed by atoms with Crippen LogP contribution in [0.2, 0.25) is 0 Å². The smallest absolute Gasteiger partial charge is 0.421 e. The summed E-state index contributed by atoms with van der Waals surface area (Å²) in [5.74, 6) is 0.191. The third-order valence-corrected chi connectivity index (χ3v) is 4.26. The van der Waals surface area contributed by atoms with Gasteiger partial charge in [-0.25, -0.2) is 17.5 Å². The summed E-state index contributed by atoms with van der Waals surface area (Å²) in [5, 5.41) is 9.04. The first-order valence-corrected chi connectivity index (χ1v) is 7.73. The van der Waals surface area contributed by atoms with Crippen molar-refractivity contribution in [2.75, 3.05) is 13.7 Å². The summed E-state index contributed by atoms with van der Waals surface area (Å²) in [6.07, 6.45) is -1.45. The van der Waals surface area contributed by atoms with E-state index < -0.39 is 16.1 Å². The van der Waals surface area contributed by atoms with E-state index in [-0.39, 0.29) is 18.2 Å². The van der Waals surface area contributed by atoms with Crippen molar-refractivity contribution in [3.8, 4) is 5.75 Å². The van der Waals surface area contributed by atoms with Crippen LogP contribution in [0.15, 0.2) is 24.3 Å². The number of ether oxygens (including phenoxy) is 1. The second-order valence-electron chi connectivity index (χ2n) is 4.81. The van der Waals surface area contributed by atoms with Crippen LogP contribution in [0, 0.1) is 5.92 Å². The molecule has 7 heteroatoms. The number of benzene rings is 1. The summed E-state index contributed by atoms with van der Waals surface area (Å²) < 4.78 is 29.8. The van der Waals surface area contributed by atoms with Crippen molar-refractivity contribution in [2.45, 2.75) is 19.6 Å². The number of carboxylic acid groups (broad SMARTS) is 1. The van der Waals surface area contributed by atoms with Gasteiger partial charge in [-0.3, -0.25) is 0 Å². The number of nitrogens with zero attached hydrogens (tertiary/aromatic N) is 1. The average molecular weight is 301 g/mol. The number of carbonyl (C=O) groups is 1. The summed E-state index contributed by atoms with van der Waals surface area (Å²) in [5.41, 5.74) is 0.515. The molecule has 0 saturated carbocycles. The number of rotatable bonds is 6. The first-order valence-electron chi connectivity index (χ1n) is 6.12. The number of hydrogen-bond donors (Lipinski definition) is 1. The van der Waals surface area contributed by atoms with E-state index in [2.05, 4.69) is 0 Å². The number of amides is 1. The molecule has 6 nitrogen and oxygen atoms in total. The highest BCUT2D eigenvalue weighted by molar-refractivity contribution is 7.88. The maximum atomic E-state index is 12.1. The van der Waals surface area contributed by atoms with Crippen LogP contribution in [0.1, 0.15) is 19.4 Å². The maximum absolute atomic E-state index is 12.1. The molecular formula is C13H19NO5S. The fraction of sp³-hybridized carbons (Fsp3) is 0.462. The van der Waals surface area contributed by atoms with Gasteiger partial charge in [0.2, 0.25) is 10.0 Å². The third-order valence-electron chi connectivity index (χ3n) is 2.59. The lowest BCUT2D eigenvalue weighted by atomic mass is 10.2. The summed E-state index contributed by atoms with van der Waals surface area (Å²) in [6.45, 7) is 3.48. The van der Waals surface area contributed by atoms with Gasteiger partial charge in [0.1, 0.15) is 5.75 Å². The van der Waals surface area contributed by atoms with E-state index in [1.165, 1.54) is 7.11 Å². The van der Waals surface area contributed by atoms with Crippen LogP contribution in [0.5, 0.6) is 5.75 Å². The van der Waals surface area contributed by atoms with E-state index in [1.54, 1.807) is 38.1 Å². The van der Waals surface area contributed by atoms with Crippen LogP contribution in [-0.2, 0) is 15.8 Å². The van der Waals surface area contributed by atoms with E-state index >= 15 is 0 Å². The van der Waals surface area contributed by atoms with E-state index in [9.17, 15) is 13.2 Å². The standard InChI is InChI=1S/C13H19NO5S/c1-10(2)8-14(13(15)16)20(17,18)9-11-4-6-12(19-3)7-5-11/h4-7,10H,8-9H2,1-3H3,(H,15,16). The van der Waals surface area contributed by atoms with Crippen LogP contribution in [0.4, 0.5) is 4.79 Å². The summed E-state index contributed by atoms with van der Waals surface area (Å²) in [7, 11) is -2.38. The minimum Gasteiger partial charge on any atom is -0.497 e. The van der Waals surface area contributed by atoms with Crippen molar-refractivity contribution in [3.05, 3.63) is 29.8 Å². The highest BCUT2D eigenvalue weighted by Gasteiger charge is 2.27. The largest absolute Gasteiger partial charge is 0.497 e. The normalized spacial score (nSPS) is 11.4. The van der Waals surface area contributed by atoms with Crippen LogP contribution in [0.3, 0.4) is 0 Å². The zero-order chi connectivity index (χ0) is 15.3. The fourth-order valence-corrected chi connectivity index (χ4v) is 3.19. The van der Waals surface area contributed by atoms with Gasteiger partial charge in [-0.2, -0.15) is 0 Å². The molecule has 1 aromatic rings. The van der Waals surface area contributed by atoms with Crippen molar-refractivity contribution < 1.29 is 23.1 Å². The lowest BCUT2D eigenvalue weighted by molar-refractivity contribution is 0.168. The van der Waals surface area contributed by atoms with E-state index in [1.807, 2.05) is 0 Å². The highest BCUT2D eigenvalue weighted by atomic mass is 32.2. The van der Waals surface area contributed by atoms with Crippen LogP contribution >= 0.6 is 0 Å². The molecule has 0 unspecified atom stereocenters. The molecule has 20 heavy (non-hydrogen) atoms. The molecule has 0 bridgehead atoms. The van der Waals surface area contributed by atoms with Crippen molar-refractivity contribution in [3.63, 3.8) is 0 Å². The summed E-state index contributed by atoms with van der Waals surface area (Å²) in [4.78, 5) is 11.1. The first-order chi connectivity index (χ1) is 9.26. The summed E-state index contributed by atoms with van der Waals surface area (Å²) in [6, 6.07) is 6.48. The van der Waals surface area contributed by atoms with E-state index in [0.29, 0.717) is 15.6 Å². The first kappa shape index (κ1) is 16.3. The molecule has 0 aliphatic rings. The number of methoxy groups -OCH3 is 1. The Balaban J connectivity index is 2.93. The molecule has 0 fully saturated rings. The van der Waals surface area contributed by atoms with Gasteiger partial charge < -0.3 is 9.84 Å². The molecule has 0 aromatic heterocycles. The van der Waals surface area contributed by atoms with Gasteiger partial charge in [0.05, 0.1) is 12.9 Å². The summed E-state index contributed by atoms with van der Waals surface area (Å²) >= 11 is 0. The molecule has 112 valence electrons. The van der Waals surface area contributed by atoms with Crippen molar-refractivity contribution >= 4 is 16.1 Å². The quantitative estimate of drug-likeness (QED) is 0.870. The molecule has 1 N–H and O–H groups in total. The maximum Gasteiger partial charge on any atom is 0.421 e. The Bertz CT molecular complexity index is 551. The van der Waals surface area contributed by atoms with Gasteiger partial charge >= 0.3 is 6.09 Å². The monoisotopic (exact) mass is 301 g/mol. The molecule has 0 aliphatic heterocycles. The molecule has 0 atom stereocenters. The van der Waals surface area contributed by atoms with E-state index in [0.717, 1.165) is 0 Å². The molecule has 0 saturated heterocycles. The highest BCUT2D eigenvalue weighted by Crippen LogP contribution is 2.16. The lowest BCUT2D eigenvalue weighted by Gasteiger charge is -2.21. The topological polar surface area (TPSA) is 83.9 Å². The Labute approximate surface area is 119 Å². The zero-order valence-electron chi connectivity index (χ0n) is 11.7. The van der Waals surface area contributed by atoms with Gasteiger partial charge in [-0.05, 0) is 23.6 Å². The second-order valence-corrected chi connectivity index (χ2v) is 6.71. The minimum atomic E-state index is -3.90. The fourth-order valence-electron chi connectivity index (χ4n) is 1.65. The van der Waals surface area contributed by atoms with Gasteiger partial charge in [0, 0.05) is 6.54 Å². The van der Waals surface area contributed by atoms with Gasteiger partial charge in [-0.1, -0.05) is 26.0 Å². The Morgan fingerprint density at radius 2 is 1.85 bits per heavy atom. The SMILES string of the molecule is COc1ccc(CS(=O)(=O)N(CC(C)C)C(=O)O)cc1. The van der Waals surface area contributed by atoms with Gasteiger partial charge in [-0.15, -0.1) is 0 Å². The zero-order valence-corrected chi connectivity index (χ0v) is 12.6. The molecule has 1 aromatic carbocycles. The molecule has 1 rings (SSSR count). The van der Waals surface area contributed by atoms with Crippen LogP contribution in [0.25, 0.3) is 0 Å². The van der Waals surface area contributed by atoms with Gasteiger partial charge in [0.25, 0.3) is 0 Å². The van der Waals surface area contributed by atoms with Crippen LogP contribution < -0.4 is 4.74 Å². The molecule has 1 amide bonds. The van der Waals surface area contributed by atoms with Crippen molar-refractivity contribution in [1.82, 2.24) is 4.31 Å². The molecular weight excluding hydrogens is 282 g/mol. The number of hydrogen-bond acceptors (Lipinski definition) is 4. The molecule has 0 aliphatic carbocycles. The average Bonchev–Trinajstić information content (AvgIpc) is 2.35. The molecule has 0 heterocycles. The molecule has 0 radical (unpaired) electrons. The Hall–Kier alpha value is -1.76.